The van der Waals surface area contributed by atoms with Crippen molar-refractivity contribution in [3.05, 3.63) is 23.5 Å². The second-order valence-electron chi connectivity index (χ2n) is 4.80. The molecule has 0 amide bonds. The van der Waals surface area contributed by atoms with E-state index in [1.54, 1.807) is 12.3 Å². The van der Waals surface area contributed by atoms with Crippen molar-refractivity contribution in [1.82, 2.24) is 4.57 Å². The summed E-state index contributed by atoms with van der Waals surface area (Å²) in [5.74, 6) is -0.847. The molecule has 1 aromatic rings. The molecule has 0 aliphatic heterocycles. The first-order chi connectivity index (χ1) is 9.17. The van der Waals surface area contributed by atoms with Crippen LogP contribution in [0.1, 0.15) is 59.0 Å². The van der Waals surface area contributed by atoms with E-state index in [0.29, 0.717) is 11.3 Å². The molecule has 1 heterocycles. The van der Waals surface area contributed by atoms with E-state index >= 15 is 0 Å². The first-order valence-electron chi connectivity index (χ1n) is 6.56. The molecule has 1 aromatic heterocycles. The van der Waals surface area contributed by atoms with Gasteiger partial charge in [0.1, 0.15) is 5.69 Å². The normalized spacial score (nSPS) is 16.1. The van der Waals surface area contributed by atoms with Crippen LogP contribution in [0.3, 0.4) is 0 Å². The summed E-state index contributed by atoms with van der Waals surface area (Å²) >= 11 is 0. The summed E-state index contributed by atoms with van der Waals surface area (Å²) in [6.45, 7) is 0. The lowest BCUT2D eigenvalue weighted by molar-refractivity contribution is 0.0583. The highest BCUT2D eigenvalue weighted by Gasteiger charge is 2.24. The van der Waals surface area contributed by atoms with Crippen LogP contribution in [0.25, 0.3) is 0 Å². The fraction of sp³-hybridized carbons (Fsp3) is 0.571. The van der Waals surface area contributed by atoms with E-state index in [-0.39, 0.29) is 6.04 Å². The lowest BCUT2D eigenvalue weighted by atomic mass is 9.95. The predicted octanol–water partition coefficient (Wildman–Crippen LogP) is 2.57. The molecular weight excluding hydrogens is 246 g/mol. The molecule has 1 fully saturated rings. The van der Waals surface area contributed by atoms with Crippen LogP contribution in [0, 0.1) is 0 Å². The van der Waals surface area contributed by atoms with Crippen molar-refractivity contribution in [3.8, 4) is 0 Å². The summed E-state index contributed by atoms with van der Waals surface area (Å²) < 4.78 is 11.4. The first-order valence-corrected chi connectivity index (χ1v) is 6.56. The summed E-state index contributed by atoms with van der Waals surface area (Å²) in [5, 5.41) is 0. The smallest absolute Gasteiger partial charge is 0.354 e. The minimum Gasteiger partial charge on any atom is -0.465 e. The van der Waals surface area contributed by atoms with Gasteiger partial charge in [-0.2, -0.15) is 0 Å². The van der Waals surface area contributed by atoms with Crippen molar-refractivity contribution < 1.29 is 19.1 Å². The standard InChI is InChI=1S/C14H19NO4/c1-18-13(16)10-8-12(14(17)19-2)15(9-10)11-6-4-3-5-7-11/h8-9,11H,3-7H2,1-2H3. The van der Waals surface area contributed by atoms with Crippen molar-refractivity contribution in [3.63, 3.8) is 0 Å². The summed E-state index contributed by atoms with van der Waals surface area (Å²) in [5.41, 5.74) is 0.822. The van der Waals surface area contributed by atoms with E-state index in [0.717, 1.165) is 25.7 Å². The van der Waals surface area contributed by atoms with Gasteiger partial charge in [-0.05, 0) is 18.9 Å². The van der Waals surface area contributed by atoms with Crippen LogP contribution in [0.5, 0.6) is 0 Å². The van der Waals surface area contributed by atoms with Crippen LogP contribution in [0.2, 0.25) is 0 Å². The summed E-state index contributed by atoms with van der Waals surface area (Å²) in [6, 6.07) is 1.81. The van der Waals surface area contributed by atoms with Gasteiger partial charge in [0, 0.05) is 12.2 Å². The van der Waals surface area contributed by atoms with E-state index in [2.05, 4.69) is 0 Å². The Morgan fingerprint density at radius 3 is 2.32 bits per heavy atom. The maximum absolute atomic E-state index is 11.8. The zero-order valence-electron chi connectivity index (χ0n) is 11.3. The molecule has 0 bridgehead atoms. The van der Waals surface area contributed by atoms with E-state index < -0.39 is 11.9 Å². The SMILES string of the molecule is COC(=O)c1cc(C(=O)OC)n(C2CCCCC2)c1. The Bertz CT molecular complexity index is 472. The van der Waals surface area contributed by atoms with E-state index in [1.807, 2.05) is 4.57 Å². The zero-order valence-corrected chi connectivity index (χ0v) is 11.3. The largest absolute Gasteiger partial charge is 0.465 e. The highest BCUT2D eigenvalue weighted by molar-refractivity contribution is 5.95. The van der Waals surface area contributed by atoms with Crippen LogP contribution in [0.4, 0.5) is 0 Å². The van der Waals surface area contributed by atoms with Crippen molar-refractivity contribution in [2.24, 2.45) is 0 Å². The molecule has 0 atom stereocenters. The molecule has 2 rings (SSSR count). The van der Waals surface area contributed by atoms with Crippen molar-refractivity contribution in [2.45, 2.75) is 38.1 Å². The van der Waals surface area contributed by atoms with Crippen LogP contribution >= 0.6 is 0 Å². The van der Waals surface area contributed by atoms with Gasteiger partial charge in [0.25, 0.3) is 0 Å². The third-order valence-electron chi connectivity index (χ3n) is 3.63. The molecule has 5 nitrogen and oxygen atoms in total. The van der Waals surface area contributed by atoms with Gasteiger partial charge in [-0.25, -0.2) is 9.59 Å². The van der Waals surface area contributed by atoms with Crippen LogP contribution in [-0.4, -0.2) is 30.7 Å². The van der Waals surface area contributed by atoms with Crippen LogP contribution < -0.4 is 0 Å². The quantitative estimate of drug-likeness (QED) is 0.788. The zero-order chi connectivity index (χ0) is 13.8. The van der Waals surface area contributed by atoms with E-state index in [1.165, 1.54) is 20.6 Å². The molecule has 1 aliphatic carbocycles. The number of ether oxygens (including phenoxy) is 2. The van der Waals surface area contributed by atoms with Crippen LogP contribution in [-0.2, 0) is 9.47 Å². The highest BCUT2D eigenvalue weighted by Crippen LogP contribution is 2.30. The van der Waals surface area contributed by atoms with Gasteiger partial charge >= 0.3 is 11.9 Å². The average molecular weight is 265 g/mol. The molecule has 0 saturated heterocycles. The maximum Gasteiger partial charge on any atom is 0.354 e. The number of methoxy groups -OCH3 is 2. The molecule has 104 valence electrons. The lowest BCUT2D eigenvalue weighted by Gasteiger charge is -2.24. The average Bonchev–Trinajstić information content (AvgIpc) is 2.91. The highest BCUT2D eigenvalue weighted by atomic mass is 16.5. The third-order valence-corrected chi connectivity index (χ3v) is 3.63. The van der Waals surface area contributed by atoms with Gasteiger partial charge in [0.05, 0.1) is 19.8 Å². The minimum absolute atomic E-state index is 0.265. The molecule has 0 aromatic carbocycles. The number of rotatable bonds is 3. The van der Waals surface area contributed by atoms with Crippen LogP contribution in [0.15, 0.2) is 12.3 Å². The molecule has 19 heavy (non-hydrogen) atoms. The Labute approximate surface area is 112 Å². The molecule has 1 aliphatic rings. The second kappa shape index (κ2) is 5.91. The molecular formula is C14H19NO4. The first kappa shape index (κ1) is 13.6. The number of esters is 2. The molecule has 0 radical (unpaired) electrons. The fourth-order valence-electron chi connectivity index (χ4n) is 2.64. The predicted molar refractivity (Wildman–Crippen MR) is 69.2 cm³/mol. The number of aromatic nitrogens is 1. The van der Waals surface area contributed by atoms with E-state index in [9.17, 15) is 9.59 Å². The Hall–Kier alpha value is -1.78. The van der Waals surface area contributed by atoms with Gasteiger partial charge < -0.3 is 14.0 Å². The van der Waals surface area contributed by atoms with Gasteiger partial charge in [-0.3, -0.25) is 0 Å². The molecule has 5 heteroatoms. The third kappa shape index (κ3) is 2.80. The lowest BCUT2D eigenvalue weighted by Crippen LogP contribution is -2.17. The Kier molecular flexibility index (Phi) is 4.24. The molecule has 1 saturated carbocycles. The Morgan fingerprint density at radius 1 is 1.11 bits per heavy atom. The van der Waals surface area contributed by atoms with Crippen molar-refractivity contribution in [2.75, 3.05) is 14.2 Å². The summed E-state index contributed by atoms with van der Waals surface area (Å²) in [7, 11) is 2.68. The Balaban J connectivity index is 2.35. The van der Waals surface area contributed by atoms with Gasteiger partial charge in [0.15, 0.2) is 0 Å². The number of nitrogens with zero attached hydrogens (tertiary/aromatic N) is 1. The van der Waals surface area contributed by atoms with Crippen molar-refractivity contribution in [1.29, 1.82) is 0 Å². The van der Waals surface area contributed by atoms with Gasteiger partial charge in [-0.15, -0.1) is 0 Å². The number of carbonyl (C=O) groups is 2. The van der Waals surface area contributed by atoms with Gasteiger partial charge in [-0.1, -0.05) is 19.3 Å². The second-order valence-corrected chi connectivity index (χ2v) is 4.80. The van der Waals surface area contributed by atoms with Crippen molar-refractivity contribution >= 4 is 11.9 Å². The van der Waals surface area contributed by atoms with Gasteiger partial charge in [0.2, 0.25) is 0 Å². The summed E-state index contributed by atoms with van der Waals surface area (Å²) in [6.07, 6.45) is 7.29. The molecule has 0 spiro atoms. The molecule has 0 unspecified atom stereocenters. The monoisotopic (exact) mass is 265 g/mol. The molecule has 0 N–H and O–H groups in total. The topological polar surface area (TPSA) is 57.5 Å². The number of hydrogen-bond donors (Lipinski definition) is 0. The fourth-order valence-corrected chi connectivity index (χ4v) is 2.64. The van der Waals surface area contributed by atoms with E-state index in [4.69, 9.17) is 9.47 Å². The maximum atomic E-state index is 11.8. The number of carbonyl (C=O) groups excluding carboxylic acids is 2. The Morgan fingerprint density at radius 2 is 1.74 bits per heavy atom. The number of hydrogen-bond acceptors (Lipinski definition) is 4. The minimum atomic E-state index is -0.431. The summed E-state index contributed by atoms with van der Waals surface area (Å²) in [4.78, 5) is 23.4.